The highest BCUT2D eigenvalue weighted by molar-refractivity contribution is 7.80. The van der Waals surface area contributed by atoms with E-state index in [1.165, 1.54) is 25.3 Å². The van der Waals surface area contributed by atoms with Crippen LogP contribution >= 0.6 is 0 Å². The average Bonchev–Trinajstić information content (AvgIpc) is 3.59. The molecule has 1 saturated carbocycles. The third-order valence-electron chi connectivity index (χ3n) is 5.93. The number of hydrogen-bond acceptors (Lipinski definition) is 5. The summed E-state index contributed by atoms with van der Waals surface area (Å²) in [6, 6.07) is 5.72. The third-order valence-corrected chi connectivity index (χ3v) is 6.58. The van der Waals surface area contributed by atoms with Gasteiger partial charge in [0, 0.05) is 37.2 Å². The minimum atomic E-state index is -4.61. The Labute approximate surface area is 190 Å². The molecule has 0 aliphatic heterocycles. The van der Waals surface area contributed by atoms with Gasteiger partial charge >= 0.3 is 6.18 Å². The smallest absolute Gasteiger partial charge is 0.433 e. The summed E-state index contributed by atoms with van der Waals surface area (Å²) in [5, 5.41) is 0. The van der Waals surface area contributed by atoms with Gasteiger partial charge in [0.25, 0.3) is 0 Å². The van der Waals surface area contributed by atoms with E-state index in [-0.39, 0.29) is 23.6 Å². The van der Waals surface area contributed by atoms with Crippen LogP contribution in [0.5, 0.6) is 0 Å². The Hall–Kier alpha value is -2.57. The maximum Gasteiger partial charge on any atom is 0.433 e. The van der Waals surface area contributed by atoms with E-state index in [9.17, 15) is 31.1 Å². The van der Waals surface area contributed by atoms with Crippen molar-refractivity contribution in [2.24, 2.45) is 11.7 Å². The Balaban J connectivity index is 2.00. The summed E-state index contributed by atoms with van der Waals surface area (Å²) in [6.45, 7) is 0. The van der Waals surface area contributed by atoms with E-state index >= 15 is 0 Å². The summed E-state index contributed by atoms with van der Waals surface area (Å²) in [5.41, 5.74) is 3.71. The van der Waals surface area contributed by atoms with Crippen LogP contribution in [0.25, 0.3) is 0 Å². The highest BCUT2D eigenvalue weighted by Gasteiger charge is 2.49. The monoisotopic (exact) mass is 488 g/mol. The zero-order valence-electron chi connectivity index (χ0n) is 17.8. The van der Waals surface area contributed by atoms with Crippen LogP contribution in [0.1, 0.15) is 42.0 Å². The molecular weight excluding hydrogens is 466 g/mol. The zero-order chi connectivity index (χ0) is 24.6. The van der Waals surface area contributed by atoms with Gasteiger partial charge < -0.3 is 19.3 Å². The number of benzene rings is 1. The molecule has 7 nitrogen and oxygen atoms in total. The lowest BCUT2D eigenvalue weighted by atomic mass is 9.78. The number of methoxy groups -OCH3 is 1. The van der Waals surface area contributed by atoms with Gasteiger partial charge in [-0.2, -0.15) is 13.2 Å². The molecule has 3 atom stereocenters. The second-order valence-electron chi connectivity index (χ2n) is 7.88. The lowest BCUT2D eigenvalue weighted by Gasteiger charge is -2.36. The molecule has 1 amide bonds. The van der Waals surface area contributed by atoms with Crippen molar-refractivity contribution in [2.45, 2.75) is 37.0 Å². The molecule has 33 heavy (non-hydrogen) atoms. The highest BCUT2D eigenvalue weighted by atomic mass is 32.2. The molecule has 12 heteroatoms. The lowest BCUT2D eigenvalue weighted by Crippen LogP contribution is -2.37. The van der Waals surface area contributed by atoms with E-state index in [4.69, 9.17) is 10.5 Å². The number of nitrogens with zero attached hydrogens (tertiary/aromatic N) is 2. The first kappa shape index (κ1) is 25.1. The van der Waals surface area contributed by atoms with Crippen molar-refractivity contribution in [2.75, 3.05) is 18.5 Å². The van der Waals surface area contributed by atoms with Crippen molar-refractivity contribution in [3.05, 3.63) is 59.2 Å². The Morgan fingerprint density at radius 1 is 1.33 bits per heavy atom. The number of alkyl halides is 3. The van der Waals surface area contributed by atoms with Gasteiger partial charge in [0.1, 0.15) is 11.5 Å². The number of anilines is 1. The van der Waals surface area contributed by atoms with E-state index in [1.54, 1.807) is 0 Å². The van der Waals surface area contributed by atoms with Crippen molar-refractivity contribution in [1.29, 1.82) is 0 Å². The predicted molar refractivity (Wildman–Crippen MR) is 111 cm³/mol. The predicted octanol–water partition coefficient (Wildman–Crippen LogP) is 3.38. The number of rotatable bonds is 9. The molecule has 2 aromatic rings. The molecule has 1 aromatic heterocycles. The number of halogens is 4. The molecule has 1 heterocycles. The Morgan fingerprint density at radius 3 is 2.42 bits per heavy atom. The quantitative estimate of drug-likeness (QED) is 0.430. The van der Waals surface area contributed by atoms with Crippen LogP contribution in [0, 0.1) is 11.7 Å². The average molecular weight is 488 g/mol. The van der Waals surface area contributed by atoms with Crippen LogP contribution < -0.4 is 10.0 Å². The highest BCUT2D eigenvalue weighted by Crippen LogP contribution is 2.52. The van der Waals surface area contributed by atoms with Crippen molar-refractivity contribution in [1.82, 2.24) is 4.98 Å². The first-order valence-electron chi connectivity index (χ1n) is 9.91. The molecule has 3 rings (SSSR count). The number of amides is 1. The van der Waals surface area contributed by atoms with Crippen LogP contribution in [-0.4, -0.2) is 33.8 Å². The SMILES string of the molecule is COC(CC(C(N)=O)c1ccc(N(C)S(=O)[O-])c(F)c1)(c1ccc(C(F)(F)F)nc1)C1CC1. The Bertz CT molecular complexity index is 1050. The van der Waals surface area contributed by atoms with E-state index in [2.05, 4.69) is 4.98 Å². The molecule has 1 fully saturated rings. The van der Waals surface area contributed by atoms with Crippen LogP contribution in [-0.2, 0) is 32.6 Å². The van der Waals surface area contributed by atoms with Crippen molar-refractivity contribution >= 4 is 22.9 Å². The molecule has 1 aliphatic rings. The maximum absolute atomic E-state index is 14.6. The number of nitrogens with two attached hydrogens (primary N) is 1. The molecule has 3 unspecified atom stereocenters. The molecular formula is C21H22F4N3O4S-. The van der Waals surface area contributed by atoms with Crippen molar-refractivity contribution in [3.8, 4) is 0 Å². The number of carbonyl (C=O) groups excluding carboxylic acids is 1. The van der Waals surface area contributed by atoms with Crippen LogP contribution in [0.2, 0.25) is 0 Å². The summed E-state index contributed by atoms with van der Waals surface area (Å²) < 4.78 is 82.2. The van der Waals surface area contributed by atoms with Gasteiger partial charge in [0.2, 0.25) is 5.91 Å². The van der Waals surface area contributed by atoms with Gasteiger partial charge in [-0.25, -0.2) is 4.39 Å². The molecule has 2 N–H and O–H groups in total. The Morgan fingerprint density at radius 2 is 2.00 bits per heavy atom. The minimum Gasteiger partial charge on any atom is -0.755 e. The second kappa shape index (κ2) is 9.35. The van der Waals surface area contributed by atoms with E-state index in [0.29, 0.717) is 22.7 Å². The second-order valence-corrected chi connectivity index (χ2v) is 8.86. The molecule has 0 spiro atoms. The van der Waals surface area contributed by atoms with E-state index in [1.807, 2.05) is 0 Å². The molecule has 0 radical (unpaired) electrons. The van der Waals surface area contributed by atoms with Crippen molar-refractivity contribution < 1.29 is 35.9 Å². The number of ether oxygens (including phenoxy) is 1. The topological polar surface area (TPSA) is 109 Å². The first-order valence-corrected chi connectivity index (χ1v) is 10.9. The van der Waals surface area contributed by atoms with Crippen LogP contribution in [0.4, 0.5) is 23.2 Å². The van der Waals surface area contributed by atoms with Gasteiger partial charge in [-0.1, -0.05) is 12.1 Å². The zero-order valence-corrected chi connectivity index (χ0v) is 18.6. The number of aromatic nitrogens is 1. The molecule has 0 bridgehead atoms. The fourth-order valence-corrected chi connectivity index (χ4v) is 4.32. The van der Waals surface area contributed by atoms with Gasteiger partial charge in [-0.15, -0.1) is 0 Å². The first-order chi connectivity index (χ1) is 15.4. The minimum absolute atomic E-state index is 0.0569. The maximum atomic E-state index is 14.6. The van der Waals surface area contributed by atoms with E-state index in [0.717, 1.165) is 25.4 Å². The normalized spacial score (nSPS) is 17.8. The van der Waals surface area contributed by atoms with Crippen LogP contribution in [0.15, 0.2) is 36.5 Å². The number of hydrogen-bond donors (Lipinski definition) is 1. The lowest BCUT2D eigenvalue weighted by molar-refractivity contribution is -0.141. The number of carbonyl (C=O) groups is 1. The van der Waals surface area contributed by atoms with Crippen LogP contribution in [0.3, 0.4) is 0 Å². The fourth-order valence-electron chi connectivity index (χ4n) is 4.01. The number of primary amides is 1. The summed E-state index contributed by atoms with van der Waals surface area (Å²) in [4.78, 5) is 15.9. The molecule has 1 aliphatic carbocycles. The van der Waals surface area contributed by atoms with Gasteiger partial charge in [-0.3, -0.25) is 14.0 Å². The van der Waals surface area contributed by atoms with Gasteiger partial charge in [-0.05, 0) is 48.9 Å². The molecule has 180 valence electrons. The summed E-state index contributed by atoms with van der Waals surface area (Å²) >= 11 is -2.70. The summed E-state index contributed by atoms with van der Waals surface area (Å²) in [6.07, 6.45) is -2.16. The standard InChI is InChI=1S/C21H23F4N3O4S/c1-28(33(30)31)17-7-3-12(9-16(17)22)15(19(26)29)10-20(32-2,13-4-5-13)14-6-8-18(27-11-14)21(23,24)25/h3,6-9,11,13,15H,4-5,10H2,1-2H3,(H2,26,29)(H,30,31)/p-1. The van der Waals surface area contributed by atoms with Crippen molar-refractivity contribution in [3.63, 3.8) is 0 Å². The van der Waals surface area contributed by atoms with Gasteiger partial charge in [0.15, 0.2) is 0 Å². The summed E-state index contributed by atoms with van der Waals surface area (Å²) in [7, 11) is 2.55. The largest absolute Gasteiger partial charge is 0.755 e. The Kier molecular flexibility index (Phi) is 7.10. The van der Waals surface area contributed by atoms with E-state index < -0.39 is 46.4 Å². The third kappa shape index (κ3) is 5.17. The summed E-state index contributed by atoms with van der Waals surface area (Å²) in [5.74, 6) is -2.82. The molecule has 0 saturated heterocycles. The fraction of sp³-hybridized carbons (Fsp3) is 0.429. The van der Waals surface area contributed by atoms with Gasteiger partial charge in [0.05, 0.1) is 17.2 Å². The number of pyridine rings is 1. The molecule has 1 aromatic carbocycles.